The van der Waals surface area contributed by atoms with Crippen LogP contribution in [0.2, 0.25) is 0 Å². The zero-order chi connectivity index (χ0) is 10.8. The third kappa shape index (κ3) is 3.32. The standard InChI is InChI=1S/C12H16N2O.K/c1-14(2)6-5-9-8-13-12-4-3-10(15)7-11(9)12;/h3-4,7-8,13,15H,5-6H2,1-2H3;/q;+1/p-1. The number of fused-ring (bicyclic) bond motifs is 1. The summed E-state index contributed by atoms with van der Waals surface area (Å²) in [6.07, 6.45) is 2.96. The molecule has 1 aromatic carbocycles. The molecule has 2 rings (SSSR count). The summed E-state index contributed by atoms with van der Waals surface area (Å²) in [6, 6.07) is 5.14. The van der Waals surface area contributed by atoms with Crippen LogP contribution in [0.1, 0.15) is 5.56 Å². The maximum Gasteiger partial charge on any atom is 1.00 e. The van der Waals surface area contributed by atoms with E-state index in [0.717, 1.165) is 23.9 Å². The molecule has 0 radical (unpaired) electrons. The molecule has 0 spiro atoms. The second-order valence-electron chi connectivity index (χ2n) is 4.07. The van der Waals surface area contributed by atoms with Crippen LogP contribution in [0.4, 0.5) is 0 Å². The minimum Gasteiger partial charge on any atom is -0.872 e. The van der Waals surface area contributed by atoms with E-state index < -0.39 is 0 Å². The third-order valence-electron chi connectivity index (χ3n) is 2.57. The Balaban J connectivity index is 0.00000128. The van der Waals surface area contributed by atoms with Crippen LogP contribution >= 0.6 is 0 Å². The largest absolute Gasteiger partial charge is 1.00 e. The molecule has 0 aliphatic carbocycles. The van der Waals surface area contributed by atoms with Crippen molar-refractivity contribution in [3.05, 3.63) is 30.0 Å². The zero-order valence-corrected chi connectivity index (χ0v) is 13.2. The van der Waals surface area contributed by atoms with Crippen molar-refractivity contribution < 1.29 is 56.5 Å². The van der Waals surface area contributed by atoms with Crippen molar-refractivity contribution in [2.45, 2.75) is 6.42 Å². The molecule has 0 saturated carbocycles. The van der Waals surface area contributed by atoms with Crippen LogP contribution in [0.25, 0.3) is 10.9 Å². The summed E-state index contributed by atoms with van der Waals surface area (Å²) in [7, 11) is 4.10. The predicted molar refractivity (Wildman–Crippen MR) is 60.0 cm³/mol. The number of aromatic amines is 1. The number of rotatable bonds is 3. The summed E-state index contributed by atoms with van der Waals surface area (Å²) >= 11 is 0. The van der Waals surface area contributed by atoms with E-state index >= 15 is 0 Å². The number of H-pyrrole nitrogens is 1. The number of aromatic nitrogens is 1. The summed E-state index contributed by atoms with van der Waals surface area (Å²) < 4.78 is 0. The van der Waals surface area contributed by atoms with E-state index in [1.54, 1.807) is 12.1 Å². The Bertz CT molecular complexity index is 465. The van der Waals surface area contributed by atoms with Gasteiger partial charge in [-0.05, 0) is 32.1 Å². The predicted octanol–water partition coefficient (Wildman–Crippen LogP) is -1.65. The Hall–Kier alpha value is 0.156. The summed E-state index contributed by atoms with van der Waals surface area (Å²) in [5.74, 6) is 0.0770. The number of hydrogen-bond donors (Lipinski definition) is 1. The van der Waals surface area contributed by atoms with Crippen LogP contribution < -0.4 is 56.5 Å². The molecule has 16 heavy (non-hydrogen) atoms. The monoisotopic (exact) mass is 242 g/mol. The van der Waals surface area contributed by atoms with E-state index in [-0.39, 0.29) is 57.1 Å². The molecule has 4 heteroatoms. The van der Waals surface area contributed by atoms with Gasteiger partial charge in [0.1, 0.15) is 0 Å². The Morgan fingerprint density at radius 1 is 1.31 bits per heavy atom. The van der Waals surface area contributed by atoms with Crippen molar-refractivity contribution in [2.75, 3.05) is 20.6 Å². The Morgan fingerprint density at radius 2 is 2.06 bits per heavy atom. The van der Waals surface area contributed by atoms with Crippen LogP contribution in [0.3, 0.4) is 0 Å². The van der Waals surface area contributed by atoms with Crippen molar-refractivity contribution in [3.8, 4) is 5.75 Å². The van der Waals surface area contributed by atoms with Crippen LogP contribution in [-0.2, 0) is 6.42 Å². The summed E-state index contributed by atoms with van der Waals surface area (Å²) in [5.41, 5.74) is 2.26. The Kier molecular flexibility index (Phi) is 5.50. The number of nitrogens with zero attached hydrogens (tertiary/aromatic N) is 1. The van der Waals surface area contributed by atoms with Gasteiger partial charge in [0.05, 0.1) is 0 Å². The maximum atomic E-state index is 11.2. The van der Waals surface area contributed by atoms with E-state index in [0.29, 0.717) is 0 Å². The fraction of sp³-hybridized carbons (Fsp3) is 0.333. The van der Waals surface area contributed by atoms with E-state index in [9.17, 15) is 5.11 Å². The molecule has 0 amide bonds. The van der Waals surface area contributed by atoms with Crippen LogP contribution in [-0.4, -0.2) is 30.5 Å². The van der Waals surface area contributed by atoms with Crippen LogP contribution in [0, 0.1) is 0 Å². The van der Waals surface area contributed by atoms with Crippen molar-refractivity contribution in [1.82, 2.24) is 9.88 Å². The number of benzene rings is 1. The van der Waals surface area contributed by atoms with Gasteiger partial charge in [0, 0.05) is 23.6 Å². The molecule has 1 N–H and O–H groups in total. The van der Waals surface area contributed by atoms with Gasteiger partial charge in [-0.1, -0.05) is 12.1 Å². The minimum absolute atomic E-state index is 0. The molecule has 0 atom stereocenters. The molecule has 2 aromatic rings. The second-order valence-corrected chi connectivity index (χ2v) is 4.07. The third-order valence-corrected chi connectivity index (χ3v) is 2.57. The molecule has 0 fully saturated rings. The number of likely N-dealkylation sites (N-methyl/N-ethyl adjacent to an activating group) is 1. The number of nitrogens with one attached hydrogen (secondary N) is 1. The minimum atomic E-state index is 0. The first-order valence-electron chi connectivity index (χ1n) is 5.08. The van der Waals surface area contributed by atoms with E-state index in [1.165, 1.54) is 5.56 Å². The maximum absolute atomic E-state index is 11.2. The van der Waals surface area contributed by atoms with Gasteiger partial charge >= 0.3 is 51.4 Å². The zero-order valence-electron chi connectivity index (χ0n) is 10.1. The van der Waals surface area contributed by atoms with E-state index in [1.807, 2.05) is 26.4 Å². The molecule has 0 aliphatic heterocycles. The first-order valence-corrected chi connectivity index (χ1v) is 5.08. The molecule has 1 aromatic heterocycles. The fourth-order valence-electron chi connectivity index (χ4n) is 1.71. The quantitative estimate of drug-likeness (QED) is 0.655. The van der Waals surface area contributed by atoms with Crippen molar-refractivity contribution in [3.63, 3.8) is 0 Å². The molecular weight excluding hydrogens is 227 g/mol. The first-order chi connectivity index (χ1) is 7.16. The molecule has 0 bridgehead atoms. The van der Waals surface area contributed by atoms with Gasteiger partial charge in [-0.2, -0.15) is 0 Å². The number of hydrogen-bond acceptors (Lipinski definition) is 2. The molecule has 80 valence electrons. The van der Waals surface area contributed by atoms with Gasteiger partial charge in [-0.15, -0.1) is 5.75 Å². The van der Waals surface area contributed by atoms with E-state index in [2.05, 4.69) is 9.88 Å². The molecule has 1 heterocycles. The normalized spacial score (nSPS) is 10.7. The fourth-order valence-corrected chi connectivity index (χ4v) is 1.71. The van der Waals surface area contributed by atoms with E-state index in [4.69, 9.17) is 0 Å². The van der Waals surface area contributed by atoms with Gasteiger partial charge < -0.3 is 15.0 Å². The van der Waals surface area contributed by atoms with Crippen molar-refractivity contribution in [1.29, 1.82) is 0 Å². The topological polar surface area (TPSA) is 42.1 Å². The van der Waals surface area contributed by atoms with Crippen LogP contribution in [0.5, 0.6) is 5.75 Å². The Morgan fingerprint density at radius 3 is 2.75 bits per heavy atom. The summed E-state index contributed by atoms with van der Waals surface area (Å²) in [4.78, 5) is 5.32. The first kappa shape index (κ1) is 14.2. The van der Waals surface area contributed by atoms with Crippen molar-refractivity contribution in [2.24, 2.45) is 0 Å². The molecule has 3 nitrogen and oxygen atoms in total. The van der Waals surface area contributed by atoms with Crippen molar-refractivity contribution >= 4 is 10.9 Å². The van der Waals surface area contributed by atoms with Gasteiger partial charge in [-0.25, -0.2) is 0 Å². The molecule has 0 saturated heterocycles. The second kappa shape index (κ2) is 6.19. The molecule has 0 aliphatic rings. The van der Waals surface area contributed by atoms with Crippen LogP contribution in [0.15, 0.2) is 24.4 Å². The Labute approximate surface area is 138 Å². The summed E-state index contributed by atoms with van der Waals surface area (Å²) in [6.45, 7) is 0.996. The van der Waals surface area contributed by atoms with Gasteiger partial charge in [-0.3, -0.25) is 0 Å². The average Bonchev–Trinajstić information content (AvgIpc) is 2.57. The van der Waals surface area contributed by atoms with Gasteiger partial charge in [0.15, 0.2) is 0 Å². The van der Waals surface area contributed by atoms with Gasteiger partial charge in [0.2, 0.25) is 0 Å². The molecular formula is C12H15KN2O. The molecule has 0 unspecified atom stereocenters. The average molecular weight is 242 g/mol. The summed E-state index contributed by atoms with van der Waals surface area (Å²) in [5, 5.41) is 12.3. The SMILES string of the molecule is CN(C)CCc1c[nH]c2ccc([O-])cc12.[K+]. The smallest absolute Gasteiger partial charge is 0.872 e. The van der Waals surface area contributed by atoms with Gasteiger partial charge in [0.25, 0.3) is 0 Å².